The molecule has 15 heavy (non-hydrogen) atoms. The molecule has 1 fully saturated rings. The van der Waals surface area contributed by atoms with Gasteiger partial charge in [0.25, 0.3) is 0 Å². The van der Waals surface area contributed by atoms with Crippen LogP contribution in [0.1, 0.15) is 42.2 Å². The molecule has 0 bridgehead atoms. The molecule has 0 saturated carbocycles. The number of carbonyl (C=O) groups is 1. The van der Waals surface area contributed by atoms with Gasteiger partial charge in [-0.05, 0) is 25.9 Å². The molecule has 1 aromatic rings. The number of hydrogen-bond acceptors (Lipinski definition) is 5. The lowest BCUT2D eigenvalue weighted by Gasteiger charge is -2.16. The Kier molecular flexibility index (Phi) is 3.45. The number of rotatable bonds is 3. The van der Waals surface area contributed by atoms with Crippen molar-refractivity contribution in [3.63, 3.8) is 0 Å². The third-order valence-electron chi connectivity index (χ3n) is 2.65. The molecule has 0 amide bonds. The van der Waals surface area contributed by atoms with Gasteiger partial charge in [-0.15, -0.1) is 0 Å². The highest BCUT2D eigenvalue weighted by Crippen LogP contribution is 2.11. The smallest absolute Gasteiger partial charge is 0.241 e. The number of aldehydes is 1. The maximum absolute atomic E-state index is 10.4. The molecule has 1 saturated heterocycles. The summed E-state index contributed by atoms with van der Waals surface area (Å²) < 4.78 is 4.97. The molecule has 5 nitrogen and oxygen atoms in total. The molecule has 0 N–H and O–H groups in total. The van der Waals surface area contributed by atoms with Crippen molar-refractivity contribution < 1.29 is 9.32 Å². The first-order chi connectivity index (χ1) is 7.38. The fourth-order valence-electron chi connectivity index (χ4n) is 1.87. The SMILES string of the molecule is O=Cc1noc(CN2CCCCCC2)n1. The van der Waals surface area contributed by atoms with Crippen LogP contribution in [-0.2, 0) is 6.54 Å². The number of aromatic nitrogens is 2. The molecular weight excluding hydrogens is 194 g/mol. The average Bonchev–Trinajstić information content (AvgIpc) is 2.54. The summed E-state index contributed by atoms with van der Waals surface area (Å²) in [6, 6.07) is 0. The maximum atomic E-state index is 10.4. The molecule has 1 aromatic heterocycles. The predicted molar refractivity (Wildman–Crippen MR) is 53.4 cm³/mol. The van der Waals surface area contributed by atoms with Crippen molar-refractivity contribution in [1.82, 2.24) is 15.0 Å². The zero-order chi connectivity index (χ0) is 10.5. The summed E-state index contributed by atoms with van der Waals surface area (Å²) in [5, 5.41) is 3.54. The highest BCUT2D eigenvalue weighted by atomic mass is 16.5. The standard InChI is InChI=1S/C10H15N3O2/c14-8-9-11-10(15-12-9)7-13-5-3-1-2-4-6-13/h8H,1-7H2. The van der Waals surface area contributed by atoms with E-state index in [-0.39, 0.29) is 5.82 Å². The first kappa shape index (κ1) is 10.3. The zero-order valence-corrected chi connectivity index (χ0v) is 8.69. The first-order valence-electron chi connectivity index (χ1n) is 5.38. The molecule has 0 atom stereocenters. The van der Waals surface area contributed by atoms with E-state index >= 15 is 0 Å². The highest BCUT2D eigenvalue weighted by Gasteiger charge is 2.13. The molecule has 2 heterocycles. The highest BCUT2D eigenvalue weighted by molar-refractivity contribution is 5.68. The molecule has 5 heteroatoms. The Labute approximate surface area is 88.5 Å². The van der Waals surface area contributed by atoms with Crippen LogP contribution in [0.25, 0.3) is 0 Å². The van der Waals surface area contributed by atoms with E-state index in [9.17, 15) is 4.79 Å². The van der Waals surface area contributed by atoms with E-state index in [0.29, 0.717) is 18.7 Å². The molecule has 0 unspecified atom stereocenters. The number of nitrogens with zero attached hydrogens (tertiary/aromatic N) is 3. The Balaban J connectivity index is 1.91. The van der Waals surface area contributed by atoms with E-state index in [1.54, 1.807) is 0 Å². The summed E-state index contributed by atoms with van der Waals surface area (Å²) in [6.45, 7) is 2.83. The molecule has 1 aliphatic rings. The molecular formula is C10H15N3O2. The number of carbonyl (C=O) groups excluding carboxylic acids is 1. The van der Waals surface area contributed by atoms with E-state index in [1.165, 1.54) is 25.7 Å². The van der Waals surface area contributed by atoms with Gasteiger partial charge < -0.3 is 4.52 Å². The summed E-state index contributed by atoms with van der Waals surface area (Å²) in [7, 11) is 0. The number of hydrogen-bond donors (Lipinski definition) is 0. The van der Waals surface area contributed by atoms with Crippen LogP contribution >= 0.6 is 0 Å². The minimum Gasteiger partial charge on any atom is -0.337 e. The van der Waals surface area contributed by atoms with Crippen molar-refractivity contribution >= 4 is 6.29 Å². The molecule has 2 rings (SSSR count). The molecule has 0 spiro atoms. The van der Waals surface area contributed by atoms with E-state index in [2.05, 4.69) is 15.0 Å². The van der Waals surface area contributed by atoms with E-state index in [0.717, 1.165) is 13.1 Å². The van der Waals surface area contributed by atoms with Gasteiger partial charge in [0.2, 0.25) is 11.7 Å². The van der Waals surface area contributed by atoms with Crippen LogP contribution in [0.3, 0.4) is 0 Å². The third kappa shape index (κ3) is 2.86. The van der Waals surface area contributed by atoms with Crippen molar-refractivity contribution in [3.8, 4) is 0 Å². The van der Waals surface area contributed by atoms with Crippen LogP contribution in [0, 0.1) is 0 Å². The monoisotopic (exact) mass is 209 g/mol. The molecule has 1 aliphatic heterocycles. The van der Waals surface area contributed by atoms with Gasteiger partial charge in [-0.3, -0.25) is 9.69 Å². The lowest BCUT2D eigenvalue weighted by molar-refractivity contribution is 0.111. The normalized spacial score (nSPS) is 18.7. The molecule has 0 aromatic carbocycles. The van der Waals surface area contributed by atoms with Gasteiger partial charge in [0.15, 0.2) is 6.29 Å². The van der Waals surface area contributed by atoms with Gasteiger partial charge in [-0.1, -0.05) is 18.0 Å². The van der Waals surface area contributed by atoms with Gasteiger partial charge in [-0.25, -0.2) is 0 Å². The van der Waals surface area contributed by atoms with Crippen LogP contribution in [0.5, 0.6) is 0 Å². The molecule has 82 valence electrons. The lowest BCUT2D eigenvalue weighted by atomic mass is 10.2. The Bertz CT molecular complexity index is 316. The van der Waals surface area contributed by atoms with Gasteiger partial charge >= 0.3 is 0 Å². The summed E-state index contributed by atoms with van der Waals surface area (Å²) in [4.78, 5) is 16.6. The van der Waals surface area contributed by atoms with Crippen molar-refractivity contribution in [2.45, 2.75) is 32.2 Å². The van der Waals surface area contributed by atoms with Crippen molar-refractivity contribution in [2.75, 3.05) is 13.1 Å². The third-order valence-corrected chi connectivity index (χ3v) is 2.65. The van der Waals surface area contributed by atoms with Crippen LogP contribution < -0.4 is 0 Å². The zero-order valence-electron chi connectivity index (χ0n) is 8.69. The summed E-state index contributed by atoms with van der Waals surface area (Å²) in [6.07, 6.45) is 5.68. The van der Waals surface area contributed by atoms with Crippen LogP contribution in [0.15, 0.2) is 4.52 Å². The molecule has 0 aliphatic carbocycles. The predicted octanol–water partition coefficient (Wildman–Crippen LogP) is 1.26. The second kappa shape index (κ2) is 5.02. The lowest BCUT2D eigenvalue weighted by Crippen LogP contribution is -2.24. The van der Waals surface area contributed by atoms with Gasteiger partial charge in [-0.2, -0.15) is 4.98 Å². The average molecular weight is 209 g/mol. The minimum absolute atomic E-state index is 0.139. The van der Waals surface area contributed by atoms with Crippen molar-refractivity contribution in [1.29, 1.82) is 0 Å². The van der Waals surface area contributed by atoms with E-state index < -0.39 is 0 Å². The summed E-state index contributed by atoms with van der Waals surface area (Å²) in [5.74, 6) is 0.679. The maximum Gasteiger partial charge on any atom is 0.241 e. The van der Waals surface area contributed by atoms with E-state index in [4.69, 9.17) is 4.52 Å². The molecule has 0 radical (unpaired) electrons. The minimum atomic E-state index is 0.139. The topological polar surface area (TPSA) is 59.2 Å². The number of likely N-dealkylation sites (tertiary alicyclic amines) is 1. The van der Waals surface area contributed by atoms with Gasteiger partial charge in [0.1, 0.15) is 0 Å². The van der Waals surface area contributed by atoms with E-state index in [1.807, 2.05) is 0 Å². The summed E-state index contributed by atoms with van der Waals surface area (Å²) >= 11 is 0. The fraction of sp³-hybridized carbons (Fsp3) is 0.700. The Morgan fingerprint density at radius 1 is 1.27 bits per heavy atom. The van der Waals surface area contributed by atoms with Crippen LogP contribution in [0.4, 0.5) is 0 Å². The van der Waals surface area contributed by atoms with Gasteiger partial charge in [0.05, 0.1) is 6.54 Å². The second-order valence-corrected chi connectivity index (χ2v) is 3.85. The van der Waals surface area contributed by atoms with Crippen LogP contribution in [-0.4, -0.2) is 34.4 Å². The first-order valence-corrected chi connectivity index (χ1v) is 5.38. The van der Waals surface area contributed by atoms with Gasteiger partial charge in [0, 0.05) is 0 Å². The largest absolute Gasteiger partial charge is 0.337 e. The Morgan fingerprint density at radius 3 is 2.60 bits per heavy atom. The quantitative estimate of drug-likeness (QED) is 0.701. The van der Waals surface area contributed by atoms with Crippen molar-refractivity contribution in [3.05, 3.63) is 11.7 Å². The van der Waals surface area contributed by atoms with Crippen molar-refractivity contribution in [2.24, 2.45) is 0 Å². The Morgan fingerprint density at radius 2 is 2.00 bits per heavy atom. The Hall–Kier alpha value is -1.23. The fourth-order valence-corrected chi connectivity index (χ4v) is 1.87. The second-order valence-electron chi connectivity index (χ2n) is 3.85. The van der Waals surface area contributed by atoms with Crippen LogP contribution in [0.2, 0.25) is 0 Å². The summed E-state index contributed by atoms with van der Waals surface area (Å²) in [5.41, 5.74) is 0.